The van der Waals surface area contributed by atoms with Gasteiger partial charge in [-0.2, -0.15) is 0 Å². The van der Waals surface area contributed by atoms with Crippen LogP contribution in [-0.2, 0) is 9.53 Å². The van der Waals surface area contributed by atoms with E-state index in [1.54, 1.807) is 13.1 Å². The highest BCUT2D eigenvalue weighted by Crippen LogP contribution is 2.01. The predicted molar refractivity (Wildman–Crippen MR) is 59.3 cm³/mol. The van der Waals surface area contributed by atoms with E-state index >= 15 is 0 Å². The molecule has 0 bridgehead atoms. The third-order valence-corrected chi connectivity index (χ3v) is 1.77. The predicted octanol–water partition coefficient (Wildman–Crippen LogP) is 0.715. The van der Waals surface area contributed by atoms with Crippen LogP contribution in [0.4, 0.5) is 0 Å². The Morgan fingerprint density at radius 2 is 2.13 bits per heavy atom. The first-order valence-corrected chi connectivity index (χ1v) is 5.23. The molecule has 0 heterocycles. The summed E-state index contributed by atoms with van der Waals surface area (Å²) in [6, 6.07) is 0. The Morgan fingerprint density at radius 3 is 2.67 bits per heavy atom. The fourth-order valence-electron chi connectivity index (χ4n) is 1.06. The molecule has 0 aromatic heterocycles. The van der Waals surface area contributed by atoms with E-state index < -0.39 is 0 Å². The minimum atomic E-state index is -0.348. The molecule has 0 spiro atoms. The smallest absolute Gasteiger partial charge is 0.327 e. The first-order chi connectivity index (χ1) is 7.10. The molecule has 5 nitrogen and oxygen atoms in total. The second kappa shape index (κ2) is 8.11. The van der Waals surface area contributed by atoms with Gasteiger partial charge in [0.1, 0.15) is 6.54 Å². The van der Waals surface area contributed by atoms with Crippen LogP contribution in [0.15, 0.2) is 11.9 Å². The maximum atomic E-state index is 11.0. The van der Waals surface area contributed by atoms with Gasteiger partial charge in [0.2, 0.25) is 0 Å². The summed E-state index contributed by atoms with van der Waals surface area (Å²) >= 11 is 0. The third kappa shape index (κ3) is 7.81. The number of hydrazine groups is 1. The quantitative estimate of drug-likeness (QED) is 0.371. The Labute approximate surface area is 91.0 Å². The number of unbranched alkanes of at least 4 members (excludes halogenated alkanes) is 1. The van der Waals surface area contributed by atoms with Gasteiger partial charge in [-0.05, 0) is 19.8 Å². The normalized spacial score (nSPS) is 11.3. The minimum Gasteiger partial charge on any atom is -0.465 e. The molecule has 0 unspecified atom stereocenters. The van der Waals surface area contributed by atoms with Crippen molar-refractivity contribution in [2.24, 2.45) is 11.6 Å². The highest BCUT2D eigenvalue weighted by molar-refractivity contribution is 5.71. The molecular formula is C10H21N3O2. The van der Waals surface area contributed by atoms with E-state index in [1.165, 1.54) is 5.01 Å². The Bertz CT molecular complexity index is 217. The van der Waals surface area contributed by atoms with Crippen molar-refractivity contribution in [1.82, 2.24) is 5.01 Å². The van der Waals surface area contributed by atoms with Crippen molar-refractivity contribution < 1.29 is 9.53 Å². The number of carbonyl (C=O) groups is 1. The minimum absolute atomic E-state index is 0.0284. The van der Waals surface area contributed by atoms with Crippen LogP contribution in [0.25, 0.3) is 0 Å². The van der Waals surface area contributed by atoms with Crippen LogP contribution >= 0.6 is 0 Å². The van der Waals surface area contributed by atoms with Gasteiger partial charge in [-0.1, -0.05) is 13.3 Å². The zero-order valence-electron chi connectivity index (χ0n) is 9.53. The summed E-state index contributed by atoms with van der Waals surface area (Å²) in [6.45, 7) is 4.23. The largest absolute Gasteiger partial charge is 0.465 e. The maximum Gasteiger partial charge on any atom is 0.327 e. The third-order valence-electron chi connectivity index (χ3n) is 1.77. The molecule has 0 rings (SSSR count). The number of esters is 1. The summed E-state index contributed by atoms with van der Waals surface area (Å²) < 4.78 is 4.74. The van der Waals surface area contributed by atoms with E-state index in [1.807, 2.05) is 0 Å². The lowest BCUT2D eigenvalue weighted by atomic mass is 10.2. The summed E-state index contributed by atoms with van der Waals surface area (Å²) in [7, 11) is 0. The number of nitrogens with two attached hydrogens (primary N) is 2. The van der Waals surface area contributed by atoms with Crippen LogP contribution in [0.5, 0.6) is 0 Å². The van der Waals surface area contributed by atoms with E-state index in [-0.39, 0.29) is 12.5 Å². The van der Waals surface area contributed by atoms with Crippen molar-refractivity contribution in [3.05, 3.63) is 11.9 Å². The molecule has 0 aliphatic heterocycles. The highest BCUT2D eigenvalue weighted by Gasteiger charge is 2.04. The summed E-state index contributed by atoms with van der Waals surface area (Å²) in [5, 5.41) is 1.25. The molecule has 0 amide bonds. The zero-order valence-corrected chi connectivity index (χ0v) is 9.53. The van der Waals surface area contributed by atoms with Crippen LogP contribution in [0.2, 0.25) is 0 Å². The highest BCUT2D eigenvalue weighted by atomic mass is 16.5. The molecule has 0 saturated heterocycles. The Kier molecular flexibility index (Phi) is 7.44. The number of rotatable bonds is 7. The molecule has 88 valence electrons. The Hall–Kier alpha value is -1.23. The summed E-state index contributed by atoms with van der Waals surface area (Å²) in [5.41, 5.74) is 6.38. The number of hydrogen-bond acceptors (Lipinski definition) is 5. The summed E-state index contributed by atoms with van der Waals surface area (Å²) in [4.78, 5) is 11.0. The number of hydrogen-bond donors (Lipinski definition) is 2. The van der Waals surface area contributed by atoms with Crippen LogP contribution in [-0.4, -0.2) is 24.1 Å². The molecule has 0 aromatic rings. The topological polar surface area (TPSA) is 81.6 Å². The van der Waals surface area contributed by atoms with E-state index in [9.17, 15) is 4.79 Å². The molecule has 4 N–H and O–H groups in total. The molecular weight excluding hydrogens is 194 g/mol. The first-order valence-electron chi connectivity index (χ1n) is 5.23. The van der Waals surface area contributed by atoms with Gasteiger partial charge >= 0.3 is 5.97 Å². The van der Waals surface area contributed by atoms with Crippen molar-refractivity contribution in [1.29, 1.82) is 0 Å². The second-order valence-electron chi connectivity index (χ2n) is 3.28. The number of ether oxygens (including phenoxy) is 1. The van der Waals surface area contributed by atoms with Gasteiger partial charge in [-0.25, -0.2) is 5.84 Å². The zero-order chi connectivity index (χ0) is 11.7. The SMILES string of the molecule is CCCC/C(N)=C/N(N)CC(=O)OCC. The monoisotopic (exact) mass is 215 g/mol. The number of allylic oxidation sites excluding steroid dienone is 1. The van der Waals surface area contributed by atoms with E-state index in [2.05, 4.69) is 6.92 Å². The molecule has 15 heavy (non-hydrogen) atoms. The molecule has 0 aromatic carbocycles. The van der Waals surface area contributed by atoms with Crippen molar-refractivity contribution >= 4 is 5.97 Å². The standard InChI is InChI=1S/C10H21N3O2/c1-3-5-6-9(11)7-13(12)8-10(14)15-4-2/h7H,3-6,8,11-12H2,1-2H3/b9-7-. The molecule has 0 atom stereocenters. The van der Waals surface area contributed by atoms with Gasteiger partial charge in [-0.15, -0.1) is 0 Å². The average molecular weight is 215 g/mol. The van der Waals surface area contributed by atoms with Gasteiger partial charge in [-0.3, -0.25) is 4.79 Å². The molecule has 0 radical (unpaired) electrons. The van der Waals surface area contributed by atoms with Gasteiger partial charge in [0.25, 0.3) is 0 Å². The average Bonchev–Trinajstić information content (AvgIpc) is 2.14. The number of carbonyl (C=O) groups excluding carboxylic acids is 1. The van der Waals surface area contributed by atoms with Crippen molar-refractivity contribution in [3.63, 3.8) is 0 Å². The molecule has 0 fully saturated rings. The van der Waals surface area contributed by atoms with E-state index in [0.717, 1.165) is 19.3 Å². The number of nitrogens with zero attached hydrogens (tertiary/aromatic N) is 1. The summed E-state index contributed by atoms with van der Waals surface area (Å²) in [6.07, 6.45) is 4.48. The van der Waals surface area contributed by atoms with Crippen LogP contribution in [0.3, 0.4) is 0 Å². The Balaban J connectivity index is 3.88. The molecule has 0 aliphatic carbocycles. The fourth-order valence-corrected chi connectivity index (χ4v) is 1.06. The molecule has 0 saturated carbocycles. The summed E-state index contributed by atoms with van der Waals surface area (Å²) in [5.74, 6) is 5.21. The van der Waals surface area contributed by atoms with Crippen molar-refractivity contribution in [2.45, 2.75) is 33.1 Å². The fraction of sp³-hybridized carbons (Fsp3) is 0.700. The van der Waals surface area contributed by atoms with Gasteiger partial charge in [0.15, 0.2) is 0 Å². The van der Waals surface area contributed by atoms with Crippen LogP contribution in [0, 0.1) is 0 Å². The van der Waals surface area contributed by atoms with E-state index in [0.29, 0.717) is 12.3 Å². The van der Waals surface area contributed by atoms with Crippen LogP contribution in [0.1, 0.15) is 33.1 Å². The lowest BCUT2D eigenvalue weighted by molar-refractivity contribution is -0.143. The molecule has 0 aliphatic rings. The molecule has 5 heteroatoms. The van der Waals surface area contributed by atoms with Gasteiger partial charge in [0, 0.05) is 11.9 Å². The second-order valence-corrected chi connectivity index (χ2v) is 3.28. The first kappa shape index (κ1) is 13.8. The van der Waals surface area contributed by atoms with Crippen molar-refractivity contribution in [2.75, 3.05) is 13.2 Å². The lowest BCUT2D eigenvalue weighted by Gasteiger charge is -2.13. The van der Waals surface area contributed by atoms with Gasteiger partial charge in [0.05, 0.1) is 6.61 Å². The van der Waals surface area contributed by atoms with Crippen LogP contribution < -0.4 is 11.6 Å². The van der Waals surface area contributed by atoms with Crippen molar-refractivity contribution in [3.8, 4) is 0 Å². The van der Waals surface area contributed by atoms with E-state index in [4.69, 9.17) is 16.3 Å². The maximum absolute atomic E-state index is 11.0. The lowest BCUT2D eigenvalue weighted by Crippen LogP contribution is -2.33. The van der Waals surface area contributed by atoms with Gasteiger partial charge < -0.3 is 15.5 Å². The Morgan fingerprint density at radius 1 is 1.47 bits per heavy atom.